The maximum absolute atomic E-state index is 12.6. The molecule has 8 nitrogen and oxygen atoms in total. The first kappa shape index (κ1) is 23.5. The summed E-state index contributed by atoms with van der Waals surface area (Å²) in [6.45, 7) is 2.05. The molecule has 4 aromatic rings. The third-order valence-electron chi connectivity index (χ3n) is 4.62. The van der Waals surface area contributed by atoms with Gasteiger partial charge in [0.2, 0.25) is 5.91 Å². The Morgan fingerprint density at radius 3 is 2.47 bits per heavy atom. The van der Waals surface area contributed by atoms with E-state index in [-0.39, 0.29) is 11.7 Å². The molecular formula is C24H20ClN5O3S. The average molecular weight is 494 g/mol. The van der Waals surface area contributed by atoms with Gasteiger partial charge in [-0.2, -0.15) is 0 Å². The molecule has 0 radical (unpaired) electrons. The lowest BCUT2D eigenvalue weighted by atomic mass is 10.2. The Kier molecular flexibility index (Phi) is 7.56. The van der Waals surface area contributed by atoms with Crippen LogP contribution < -0.4 is 5.32 Å². The quantitative estimate of drug-likeness (QED) is 0.275. The summed E-state index contributed by atoms with van der Waals surface area (Å²) in [7, 11) is 0. The second kappa shape index (κ2) is 11.0. The number of rotatable bonds is 8. The Morgan fingerprint density at radius 1 is 1.03 bits per heavy atom. The van der Waals surface area contributed by atoms with Crippen molar-refractivity contribution in [3.05, 3.63) is 83.5 Å². The molecule has 172 valence electrons. The first-order valence-corrected chi connectivity index (χ1v) is 11.7. The zero-order valence-corrected chi connectivity index (χ0v) is 19.7. The van der Waals surface area contributed by atoms with Gasteiger partial charge in [-0.1, -0.05) is 29.4 Å². The molecule has 0 fully saturated rings. The second-order valence-corrected chi connectivity index (χ2v) is 8.35. The summed E-state index contributed by atoms with van der Waals surface area (Å²) in [5.41, 5.74) is 2.45. The Labute approximate surface area is 205 Å². The molecule has 0 unspecified atom stereocenters. The van der Waals surface area contributed by atoms with Gasteiger partial charge in [-0.3, -0.25) is 14.3 Å². The summed E-state index contributed by atoms with van der Waals surface area (Å²) in [6, 6.07) is 19.3. The topological polar surface area (TPSA) is 99.0 Å². The minimum Gasteiger partial charge on any atom is -0.462 e. The summed E-state index contributed by atoms with van der Waals surface area (Å²) in [4.78, 5) is 28.7. The molecule has 0 spiro atoms. The number of carbonyl (C=O) groups is 2. The molecule has 10 heteroatoms. The van der Waals surface area contributed by atoms with E-state index >= 15 is 0 Å². The highest BCUT2D eigenvalue weighted by atomic mass is 35.5. The molecule has 0 aliphatic heterocycles. The van der Waals surface area contributed by atoms with Gasteiger partial charge in [0.1, 0.15) is 5.69 Å². The van der Waals surface area contributed by atoms with Crippen molar-refractivity contribution in [2.24, 2.45) is 0 Å². The minimum atomic E-state index is -0.402. The van der Waals surface area contributed by atoms with Crippen LogP contribution in [0, 0.1) is 0 Å². The van der Waals surface area contributed by atoms with Gasteiger partial charge in [0.05, 0.1) is 17.9 Å². The predicted molar refractivity (Wildman–Crippen MR) is 131 cm³/mol. The highest BCUT2D eigenvalue weighted by Crippen LogP contribution is 2.28. The Balaban J connectivity index is 1.49. The van der Waals surface area contributed by atoms with E-state index in [4.69, 9.17) is 16.3 Å². The van der Waals surface area contributed by atoms with Crippen LogP contribution >= 0.6 is 23.4 Å². The van der Waals surface area contributed by atoms with Crippen LogP contribution in [0.2, 0.25) is 5.02 Å². The molecule has 0 bridgehead atoms. The number of carbonyl (C=O) groups excluding carboxylic acids is 2. The molecular weight excluding hydrogens is 474 g/mol. The third-order valence-corrected chi connectivity index (χ3v) is 5.81. The van der Waals surface area contributed by atoms with Crippen molar-refractivity contribution < 1.29 is 14.3 Å². The lowest BCUT2D eigenvalue weighted by Gasteiger charge is -2.10. The zero-order valence-electron chi connectivity index (χ0n) is 18.1. The summed E-state index contributed by atoms with van der Waals surface area (Å²) < 4.78 is 6.81. The van der Waals surface area contributed by atoms with Crippen LogP contribution in [0.3, 0.4) is 0 Å². The maximum Gasteiger partial charge on any atom is 0.338 e. The number of hydrogen-bond acceptors (Lipinski definition) is 7. The third kappa shape index (κ3) is 5.62. The largest absolute Gasteiger partial charge is 0.462 e. The van der Waals surface area contributed by atoms with E-state index in [1.54, 1.807) is 49.5 Å². The number of nitrogens with zero attached hydrogens (tertiary/aromatic N) is 4. The van der Waals surface area contributed by atoms with Gasteiger partial charge < -0.3 is 10.1 Å². The number of pyridine rings is 1. The van der Waals surface area contributed by atoms with Crippen LogP contribution in [-0.2, 0) is 9.53 Å². The number of nitrogens with one attached hydrogen (secondary N) is 1. The molecule has 0 saturated carbocycles. The van der Waals surface area contributed by atoms with Crippen molar-refractivity contribution in [3.8, 4) is 17.2 Å². The molecule has 34 heavy (non-hydrogen) atoms. The number of hydrogen-bond donors (Lipinski definition) is 1. The van der Waals surface area contributed by atoms with Crippen LogP contribution in [-0.4, -0.2) is 44.0 Å². The molecule has 1 amide bonds. The van der Waals surface area contributed by atoms with E-state index in [0.717, 1.165) is 5.69 Å². The molecule has 1 N–H and O–H groups in total. The molecule has 2 aromatic carbocycles. The van der Waals surface area contributed by atoms with Crippen LogP contribution in [0.4, 0.5) is 5.69 Å². The zero-order chi connectivity index (χ0) is 23.9. The van der Waals surface area contributed by atoms with Gasteiger partial charge >= 0.3 is 5.97 Å². The van der Waals surface area contributed by atoms with Gasteiger partial charge in [0, 0.05) is 22.6 Å². The minimum absolute atomic E-state index is 0.105. The summed E-state index contributed by atoms with van der Waals surface area (Å²) >= 11 is 7.30. The van der Waals surface area contributed by atoms with Gasteiger partial charge in [0.25, 0.3) is 0 Å². The van der Waals surface area contributed by atoms with E-state index in [1.165, 1.54) is 11.8 Å². The fourth-order valence-electron chi connectivity index (χ4n) is 3.08. The van der Waals surface area contributed by atoms with Crippen molar-refractivity contribution in [2.75, 3.05) is 17.7 Å². The number of thioether (sulfide) groups is 1. The van der Waals surface area contributed by atoms with E-state index in [1.807, 2.05) is 34.9 Å². The lowest BCUT2D eigenvalue weighted by Crippen LogP contribution is -2.15. The molecule has 2 heterocycles. The van der Waals surface area contributed by atoms with Gasteiger partial charge in [-0.05, 0) is 67.6 Å². The normalized spacial score (nSPS) is 10.6. The van der Waals surface area contributed by atoms with Gasteiger partial charge in [0.15, 0.2) is 11.0 Å². The number of amides is 1. The Hall–Kier alpha value is -3.69. The summed E-state index contributed by atoms with van der Waals surface area (Å²) in [6.07, 6.45) is 1.68. The number of benzene rings is 2. The van der Waals surface area contributed by atoms with Crippen molar-refractivity contribution in [3.63, 3.8) is 0 Å². The van der Waals surface area contributed by atoms with E-state index in [9.17, 15) is 9.59 Å². The Morgan fingerprint density at radius 2 is 1.79 bits per heavy atom. The van der Waals surface area contributed by atoms with Crippen molar-refractivity contribution in [2.45, 2.75) is 12.1 Å². The van der Waals surface area contributed by atoms with Crippen LogP contribution in [0.5, 0.6) is 0 Å². The first-order valence-electron chi connectivity index (χ1n) is 10.4. The van der Waals surface area contributed by atoms with Crippen molar-refractivity contribution in [1.82, 2.24) is 19.7 Å². The smallest absolute Gasteiger partial charge is 0.338 e. The van der Waals surface area contributed by atoms with Crippen LogP contribution in [0.15, 0.2) is 78.1 Å². The number of ether oxygens (including phenoxy) is 1. The molecule has 0 saturated heterocycles. The maximum atomic E-state index is 12.6. The number of anilines is 1. The molecule has 0 aliphatic carbocycles. The van der Waals surface area contributed by atoms with Crippen LogP contribution in [0.1, 0.15) is 17.3 Å². The fraction of sp³-hybridized carbons (Fsp3) is 0.125. The second-order valence-electron chi connectivity index (χ2n) is 6.97. The number of halogens is 1. The number of esters is 1. The summed E-state index contributed by atoms with van der Waals surface area (Å²) in [5.74, 6) is 0.0357. The predicted octanol–water partition coefficient (Wildman–Crippen LogP) is 4.89. The van der Waals surface area contributed by atoms with E-state index in [0.29, 0.717) is 39.6 Å². The monoisotopic (exact) mass is 493 g/mol. The van der Waals surface area contributed by atoms with Gasteiger partial charge in [-0.15, -0.1) is 10.2 Å². The highest BCUT2D eigenvalue weighted by molar-refractivity contribution is 7.99. The van der Waals surface area contributed by atoms with Crippen molar-refractivity contribution in [1.29, 1.82) is 0 Å². The first-order chi connectivity index (χ1) is 16.5. The average Bonchev–Trinajstić information content (AvgIpc) is 3.28. The fourth-order valence-corrected chi connectivity index (χ4v) is 3.96. The Bertz CT molecular complexity index is 1280. The highest BCUT2D eigenvalue weighted by Gasteiger charge is 2.18. The molecule has 0 aliphatic rings. The van der Waals surface area contributed by atoms with E-state index in [2.05, 4.69) is 20.5 Å². The van der Waals surface area contributed by atoms with Crippen LogP contribution in [0.25, 0.3) is 17.2 Å². The standard InChI is InChI=1S/C24H20ClN5O3S/c1-2-33-23(32)16-6-10-18(11-7-16)27-21(31)15-34-24-29-28-22(20-5-3-4-14-26-20)30(24)19-12-8-17(25)9-13-19/h3-14H,2,15H2,1H3,(H,27,31). The van der Waals surface area contributed by atoms with E-state index < -0.39 is 5.97 Å². The molecule has 0 atom stereocenters. The van der Waals surface area contributed by atoms with Crippen molar-refractivity contribution >= 4 is 40.9 Å². The lowest BCUT2D eigenvalue weighted by molar-refractivity contribution is -0.113. The molecule has 2 aromatic heterocycles. The molecule has 4 rings (SSSR count). The SMILES string of the molecule is CCOC(=O)c1ccc(NC(=O)CSc2nnc(-c3ccccn3)n2-c2ccc(Cl)cc2)cc1. The summed E-state index contributed by atoms with van der Waals surface area (Å²) in [5, 5.41) is 12.6. The number of aromatic nitrogens is 4. The van der Waals surface area contributed by atoms with Gasteiger partial charge in [-0.25, -0.2) is 4.79 Å².